The molecule has 1 rings (SSSR count). The van der Waals surface area contributed by atoms with E-state index in [1.54, 1.807) is 26.1 Å². The Morgan fingerprint density at radius 2 is 2.09 bits per heavy atom. The quantitative estimate of drug-likeness (QED) is 0.428. The highest BCUT2D eigenvalue weighted by atomic mass is 16.5. The highest BCUT2D eigenvalue weighted by molar-refractivity contribution is 5.94. The first-order valence-electron chi connectivity index (χ1n) is 7.90. The number of hydrogen-bond acceptors (Lipinski definition) is 3. The minimum Gasteiger partial charge on any atom is -0.383 e. The van der Waals surface area contributed by atoms with Crippen LogP contribution in [0.25, 0.3) is 0 Å². The Kier molecular flexibility index (Phi) is 8.75. The maximum absolute atomic E-state index is 12.0. The van der Waals surface area contributed by atoms with E-state index in [2.05, 4.69) is 15.6 Å². The van der Waals surface area contributed by atoms with Crippen LogP contribution in [0.3, 0.4) is 0 Å². The van der Waals surface area contributed by atoms with Crippen LogP contribution in [-0.4, -0.2) is 64.2 Å². The van der Waals surface area contributed by atoms with Crippen molar-refractivity contribution in [2.45, 2.75) is 13.3 Å². The average molecular weight is 320 g/mol. The fourth-order valence-corrected chi connectivity index (χ4v) is 2.03. The number of carbonyl (C=O) groups excluding carboxylic acids is 1. The van der Waals surface area contributed by atoms with Gasteiger partial charge in [0.25, 0.3) is 5.91 Å². The second-order valence-corrected chi connectivity index (χ2v) is 5.33. The van der Waals surface area contributed by atoms with Crippen molar-refractivity contribution in [1.29, 1.82) is 0 Å². The zero-order chi connectivity index (χ0) is 17.1. The molecule has 0 spiro atoms. The largest absolute Gasteiger partial charge is 0.383 e. The van der Waals surface area contributed by atoms with Crippen LogP contribution >= 0.6 is 0 Å². The molecule has 0 saturated heterocycles. The van der Waals surface area contributed by atoms with Gasteiger partial charge in [0.2, 0.25) is 0 Å². The Labute approximate surface area is 138 Å². The molecule has 0 aromatic heterocycles. The fourth-order valence-electron chi connectivity index (χ4n) is 2.03. The molecule has 0 bridgehead atoms. The lowest BCUT2D eigenvalue weighted by atomic mass is 10.1. The number of ether oxygens (including phenoxy) is 1. The summed E-state index contributed by atoms with van der Waals surface area (Å²) in [6, 6.07) is 7.74. The fraction of sp³-hybridized carbons (Fsp3) is 0.529. The summed E-state index contributed by atoms with van der Waals surface area (Å²) in [6.45, 7) is 4.82. The smallest absolute Gasteiger partial charge is 0.253 e. The molecule has 0 heterocycles. The van der Waals surface area contributed by atoms with E-state index in [-0.39, 0.29) is 5.91 Å². The summed E-state index contributed by atoms with van der Waals surface area (Å²) in [5.74, 6) is 0.805. The number of hydrogen-bond donors (Lipinski definition) is 2. The molecule has 1 aromatic carbocycles. The molecule has 6 heteroatoms. The van der Waals surface area contributed by atoms with Gasteiger partial charge in [-0.05, 0) is 31.0 Å². The molecule has 1 aromatic rings. The van der Waals surface area contributed by atoms with E-state index < -0.39 is 0 Å². The lowest BCUT2D eigenvalue weighted by molar-refractivity contribution is 0.0827. The first kappa shape index (κ1) is 19.0. The molecule has 23 heavy (non-hydrogen) atoms. The Morgan fingerprint density at radius 3 is 2.74 bits per heavy atom. The third kappa shape index (κ3) is 7.15. The van der Waals surface area contributed by atoms with E-state index in [0.717, 1.165) is 31.0 Å². The second kappa shape index (κ2) is 10.6. The molecular formula is C17H28N4O2. The van der Waals surface area contributed by atoms with Gasteiger partial charge < -0.3 is 20.3 Å². The van der Waals surface area contributed by atoms with E-state index in [4.69, 9.17) is 4.74 Å². The zero-order valence-electron chi connectivity index (χ0n) is 14.6. The van der Waals surface area contributed by atoms with E-state index >= 15 is 0 Å². The Bertz CT molecular complexity index is 515. The number of benzene rings is 1. The van der Waals surface area contributed by atoms with Crippen molar-refractivity contribution < 1.29 is 9.53 Å². The summed E-state index contributed by atoms with van der Waals surface area (Å²) >= 11 is 0. The van der Waals surface area contributed by atoms with Crippen LogP contribution in [0, 0.1) is 0 Å². The standard InChI is InChI=1S/C17H28N4O2/c1-5-18-17(20-11-12-23-4)19-10-9-14-7-6-8-15(13-14)16(22)21(2)3/h6-8,13H,5,9-12H2,1-4H3,(H2,18,19,20). The molecule has 0 atom stereocenters. The average Bonchev–Trinajstić information content (AvgIpc) is 2.54. The maximum Gasteiger partial charge on any atom is 0.253 e. The molecule has 6 nitrogen and oxygen atoms in total. The highest BCUT2D eigenvalue weighted by Gasteiger charge is 2.08. The highest BCUT2D eigenvalue weighted by Crippen LogP contribution is 2.07. The number of amides is 1. The van der Waals surface area contributed by atoms with Gasteiger partial charge in [0.15, 0.2) is 5.96 Å². The van der Waals surface area contributed by atoms with Crippen LogP contribution in [0.2, 0.25) is 0 Å². The van der Waals surface area contributed by atoms with Gasteiger partial charge in [-0.2, -0.15) is 0 Å². The third-order valence-electron chi connectivity index (χ3n) is 3.20. The van der Waals surface area contributed by atoms with Crippen molar-refractivity contribution in [3.8, 4) is 0 Å². The molecule has 0 aliphatic carbocycles. The van der Waals surface area contributed by atoms with E-state index in [1.165, 1.54) is 0 Å². The van der Waals surface area contributed by atoms with Gasteiger partial charge in [-0.3, -0.25) is 9.79 Å². The first-order chi connectivity index (χ1) is 11.1. The summed E-state index contributed by atoms with van der Waals surface area (Å²) in [7, 11) is 5.18. The first-order valence-corrected chi connectivity index (χ1v) is 7.90. The van der Waals surface area contributed by atoms with Crippen molar-refractivity contribution in [1.82, 2.24) is 15.5 Å². The summed E-state index contributed by atoms with van der Waals surface area (Å²) in [4.78, 5) is 18.0. The van der Waals surface area contributed by atoms with Gasteiger partial charge in [0.1, 0.15) is 0 Å². The maximum atomic E-state index is 12.0. The van der Waals surface area contributed by atoms with Crippen molar-refractivity contribution >= 4 is 11.9 Å². The molecule has 1 amide bonds. The van der Waals surface area contributed by atoms with E-state index in [9.17, 15) is 4.79 Å². The monoisotopic (exact) mass is 320 g/mol. The van der Waals surface area contributed by atoms with Crippen molar-refractivity contribution in [3.63, 3.8) is 0 Å². The summed E-state index contributed by atoms with van der Waals surface area (Å²) in [5.41, 5.74) is 1.84. The molecule has 2 N–H and O–H groups in total. The second-order valence-electron chi connectivity index (χ2n) is 5.33. The predicted octanol–water partition coefficient (Wildman–Crippen LogP) is 1.13. The number of nitrogens with zero attached hydrogens (tertiary/aromatic N) is 2. The molecule has 0 aliphatic rings. The number of nitrogens with one attached hydrogen (secondary N) is 2. The molecular weight excluding hydrogens is 292 g/mol. The van der Waals surface area contributed by atoms with E-state index in [1.807, 2.05) is 31.2 Å². The minimum absolute atomic E-state index is 0.0225. The number of methoxy groups -OCH3 is 1. The van der Waals surface area contributed by atoms with Crippen LogP contribution in [0.4, 0.5) is 0 Å². The third-order valence-corrected chi connectivity index (χ3v) is 3.20. The number of guanidine groups is 1. The van der Waals surface area contributed by atoms with E-state index in [0.29, 0.717) is 18.7 Å². The van der Waals surface area contributed by atoms with Gasteiger partial charge in [0, 0.05) is 39.9 Å². The summed E-state index contributed by atoms with van der Waals surface area (Å²) in [6.07, 6.45) is 0.823. The number of aliphatic imine (C=N–C) groups is 1. The van der Waals surface area contributed by atoms with Gasteiger partial charge in [-0.25, -0.2) is 0 Å². The van der Waals surface area contributed by atoms with Crippen molar-refractivity contribution in [3.05, 3.63) is 35.4 Å². The van der Waals surface area contributed by atoms with Crippen LogP contribution in [-0.2, 0) is 11.2 Å². The molecule has 0 aliphatic heterocycles. The molecule has 0 unspecified atom stereocenters. The van der Waals surface area contributed by atoms with Gasteiger partial charge in [-0.1, -0.05) is 12.1 Å². The molecule has 0 fully saturated rings. The van der Waals surface area contributed by atoms with Crippen LogP contribution < -0.4 is 10.6 Å². The Morgan fingerprint density at radius 1 is 1.30 bits per heavy atom. The van der Waals surface area contributed by atoms with Crippen molar-refractivity contribution in [2.24, 2.45) is 4.99 Å². The SMILES string of the molecule is CCNC(=NCCOC)NCCc1cccc(C(=O)N(C)C)c1. The summed E-state index contributed by atoms with van der Waals surface area (Å²) < 4.78 is 5.00. The lowest BCUT2D eigenvalue weighted by Crippen LogP contribution is -2.38. The van der Waals surface area contributed by atoms with Crippen LogP contribution in [0.5, 0.6) is 0 Å². The summed E-state index contributed by atoms with van der Waals surface area (Å²) in [5, 5.41) is 6.48. The predicted molar refractivity (Wildman–Crippen MR) is 94.0 cm³/mol. The molecule has 0 radical (unpaired) electrons. The Hall–Kier alpha value is -2.08. The topological polar surface area (TPSA) is 66.0 Å². The van der Waals surface area contributed by atoms with Gasteiger partial charge in [-0.15, -0.1) is 0 Å². The zero-order valence-corrected chi connectivity index (χ0v) is 14.6. The molecule has 128 valence electrons. The van der Waals surface area contributed by atoms with Crippen LogP contribution in [0.15, 0.2) is 29.3 Å². The number of rotatable bonds is 8. The van der Waals surface area contributed by atoms with Crippen LogP contribution in [0.1, 0.15) is 22.8 Å². The Balaban J connectivity index is 2.55. The number of carbonyl (C=O) groups is 1. The van der Waals surface area contributed by atoms with Gasteiger partial charge in [0.05, 0.1) is 13.2 Å². The lowest BCUT2D eigenvalue weighted by Gasteiger charge is -2.13. The van der Waals surface area contributed by atoms with Gasteiger partial charge >= 0.3 is 0 Å². The van der Waals surface area contributed by atoms with Crippen molar-refractivity contribution in [2.75, 3.05) is 47.4 Å². The normalized spacial score (nSPS) is 11.2. The molecule has 0 saturated carbocycles. The minimum atomic E-state index is 0.0225.